The minimum Gasteiger partial charge on any atom is -0.375 e. The van der Waals surface area contributed by atoms with E-state index in [1.807, 2.05) is 19.9 Å². The summed E-state index contributed by atoms with van der Waals surface area (Å²) in [6.45, 7) is 6.26. The fraction of sp³-hybridized carbons (Fsp3) is 0.316. The number of aromatic nitrogens is 2. The van der Waals surface area contributed by atoms with Crippen molar-refractivity contribution in [3.05, 3.63) is 51.9 Å². The van der Waals surface area contributed by atoms with Gasteiger partial charge in [0.2, 0.25) is 0 Å². The number of morpholine rings is 1. The summed E-state index contributed by atoms with van der Waals surface area (Å²) >= 11 is 2.17. The third kappa shape index (κ3) is 3.45. The Morgan fingerprint density at radius 1 is 1.26 bits per heavy atom. The van der Waals surface area contributed by atoms with Gasteiger partial charge in [-0.05, 0) is 54.6 Å². The van der Waals surface area contributed by atoms with Gasteiger partial charge in [-0.1, -0.05) is 17.7 Å². The van der Waals surface area contributed by atoms with Crippen LogP contribution in [0.3, 0.4) is 0 Å². The van der Waals surface area contributed by atoms with Crippen LogP contribution in [0, 0.1) is 10.5 Å². The van der Waals surface area contributed by atoms with Crippen molar-refractivity contribution in [3.8, 4) is 0 Å². The summed E-state index contributed by atoms with van der Waals surface area (Å²) in [5, 5.41) is 0.836. The fourth-order valence-electron chi connectivity index (χ4n) is 3.26. The monoisotopic (exact) mass is 497 g/mol. The Balaban J connectivity index is 1.78. The summed E-state index contributed by atoms with van der Waals surface area (Å²) in [7, 11) is -3.69. The average Bonchev–Trinajstić information content (AvgIpc) is 2.99. The van der Waals surface area contributed by atoms with Gasteiger partial charge in [0.25, 0.3) is 10.0 Å². The number of rotatable bonds is 3. The lowest BCUT2D eigenvalue weighted by Gasteiger charge is -2.32. The predicted molar refractivity (Wildman–Crippen MR) is 114 cm³/mol. The first-order valence-corrected chi connectivity index (χ1v) is 11.2. The molecule has 1 unspecified atom stereocenters. The van der Waals surface area contributed by atoms with Crippen LogP contribution in [0.4, 0.5) is 5.69 Å². The van der Waals surface area contributed by atoms with Crippen molar-refractivity contribution in [1.82, 2.24) is 8.96 Å². The molecule has 27 heavy (non-hydrogen) atoms. The second-order valence-electron chi connectivity index (χ2n) is 6.78. The molecule has 6 nitrogen and oxygen atoms in total. The number of fused-ring (bicyclic) bond motifs is 1. The molecule has 1 aliphatic heterocycles. The normalized spacial score (nSPS) is 18.2. The molecule has 4 rings (SSSR count). The van der Waals surface area contributed by atoms with Crippen molar-refractivity contribution in [2.24, 2.45) is 0 Å². The Bertz CT molecular complexity index is 1090. The highest BCUT2D eigenvalue weighted by Crippen LogP contribution is 2.29. The lowest BCUT2D eigenvalue weighted by atomic mass is 10.2. The van der Waals surface area contributed by atoms with E-state index in [1.54, 1.807) is 36.7 Å². The summed E-state index contributed by atoms with van der Waals surface area (Å²) in [5.41, 5.74) is 2.45. The van der Waals surface area contributed by atoms with Crippen molar-refractivity contribution in [1.29, 1.82) is 0 Å². The molecule has 142 valence electrons. The predicted octanol–water partition coefficient (Wildman–Crippen LogP) is 3.41. The molecule has 3 aromatic rings. The van der Waals surface area contributed by atoms with Crippen molar-refractivity contribution >= 4 is 49.3 Å². The molecule has 0 saturated carbocycles. The Hall–Kier alpha value is -1.65. The Kier molecular flexibility index (Phi) is 4.89. The van der Waals surface area contributed by atoms with Crippen LogP contribution < -0.4 is 4.90 Å². The van der Waals surface area contributed by atoms with Crippen LogP contribution in [0.1, 0.15) is 12.5 Å². The third-order valence-electron chi connectivity index (χ3n) is 4.73. The standard InChI is InChI=1S/C19H20IN3O3S/c1-13-3-5-16(6-4-13)27(24,25)23-12-18(20)17-9-15(10-21-19(17)23)22-7-8-26-14(2)11-22/h3-6,9-10,12,14H,7-8,11H2,1-2H3. The molecule has 3 heterocycles. The fourth-order valence-corrected chi connectivity index (χ4v) is 5.45. The molecule has 0 bridgehead atoms. The van der Waals surface area contributed by atoms with E-state index in [0.717, 1.165) is 33.3 Å². The van der Waals surface area contributed by atoms with Crippen molar-refractivity contribution in [2.75, 3.05) is 24.6 Å². The molecule has 1 fully saturated rings. The molecule has 1 atom stereocenters. The number of pyridine rings is 1. The van der Waals surface area contributed by atoms with E-state index in [1.165, 1.54) is 3.97 Å². The minimum absolute atomic E-state index is 0.167. The summed E-state index contributed by atoms with van der Waals surface area (Å²) in [6.07, 6.45) is 3.55. The van der Waals surface area contributed by atoms with Gasteiger partial charge in [0.1, 0.15) is 0 Å². The highest BCUT2D eigenvalue weighted by Gasteiger charge is 2.23. The molecule has 0 spiro atoms. The lowest BCUT2D eigenvalue weighted by Crippen LogP contribution is -2.41. The Labute approximate surface area is 172 Å². The average molecular weight is 497 g/mol. The Morgan fingerprint density at radius 3 is 2.70 bits per heavy atom. The molecule has 1 aromatic carbocycles. The van der Waals surface area contributed by atoms with Gasteiger partial charge >= 0.3 is 0 Å². The maximum atomic E-state index is 13.1. The van der Waals surface area contributed by atoms with Crippen molar-refractivity contribution in [2.45, 2.75) is 24.8 Å². The van der Waals surface area contributed by atoms with Gasteiger partial charge in [-0.3, -0.25) is 0 Å². The number of benzene rings is 1. The van der Waals surface area contributed by atoms with Crippen LogP contribution >= 0.6 is 22.6 Å². The van der Waals surface area contributed by atoms with Crippen LogP contribution in [-0.2, 0) is 14.8 Å². The number of hydrogen-bond donors (Lipinski definition) is 0. The van der Waals surface area contributed by atoms with Gasteiger partial charge in [0.15, 0.2) is 5.65 Å². The van der Waals surface area contributed by atoms with E-state index >= 15 is 0 Å². The first kappa shape index (κ1) is 18.7. The maximum Gasteiger partial charge on any atom is 0.269 e. The Morgan fingerprint density at radius 2 is 2.00 bits per heavy atom. The van der Waals surface area contributed by atoms with Gasteiger partial charge < -0.3 is 9.64 Å². The number of anilines is 1. The molecular formula is C19H20IN3O3S. The van der Waals surface area contributed by atoms with Crippen LogP contribution in [0.15, 0.2) is 47.6 Å². The minimum atomic E-state index is -3.69. The summed E-state index contributed by atoms with van der Waals surface area (Å²) < 4.78 is 33.9. The van der Waals surface area contributed by atoms with Gasteiger partial charge in [-0.2, -0.15) is 0 Å². The van der Waals surface area contributed by atoms with Crippen LogP contribution in [0.5, 0.6) is 0 Å². The maximum absolute atomic E-state index is 13.1. The van der Waals surface area contributed by atoms with E-state index in [4.69, 9.17) is 4.74 Å². The summed E-state index contributed by atoms with van der Waals surface area (Å²) in [5.74, 6) is 0. The molecule has 1 saturated heterocycles. The van der Waals surface area contributed by atoms with Crippen molar-refractivity contribution < 1.29 is 13.2 Å². The molecule has 2 aromatic heterocycles. The van der Waals surface area contributed by atoms with Crippen LogP contribution in [0.25, 0.3) is 11.0 Å². The van der Waals surface area contributed by atoms with E-state index in [-0.39, 0.29) is 11.0 Å². The second kappa shape index (κ2) is 7.06. The summed E-state index contributed by atoms with van der Waals surface area (Å²) in [6, 6.07) is 8.88. The highest BCUT2D eigenvalue weighted by molar-refractivity contribution is 14.1. The molecule has 8 heteroatoms. The first-order chi connectivity index (χ1) is 12.9. The molecule has 0 amide bonds. The van der Waals surface area contributed by atoms with Crippen LogP contribution in [-0.4, -0.2) is 43.2 Å². The van der Waals surface area contributed by atoms with E-state index < -0.39 is 10.0 Å². The third-order valence-corrected chi connectivity index (χ3v) is 7.26. The quantitative estimate of drug-likeness (QED) is 0.520. The molecule has 0 N–H and O–H groups in total. The van der Waals surface area contributed by atoms with Gasteiger partial charge in [-0.25, -0.2) is 17.4 Å². The molecule has 0 aliphatic carbocycles. The molecular weight excluding hydrogens is 477 g/mol. The van der Waals surface area contributed by atoms with Crippen molar-refractivity contribution in [3.63, 3.8) is 0 Å². The number of ether oxygens (including phenoxy) is 1. The smallest absolute Gasteiger partial charge is 0.269 e. The van der Waals surface area contributed by atoms with E-state index in [2.05, 4.69) is 32.5 Å². The SMILES string of the molecule is Cc1ccc(S(=O)(=O)n2cc(I)c3cc(N4CCOC(C)C4)cnc32)cc1. The van der Waals surface area contributed by atoms with Gasteiger partial charge in [-0.15, -0.1) is 0 Å². The highest BCUT2D eigenvalue weighted by atomic mass is 127. The number of halogens is 1. The number of nitrogens with zero attached hydrogens (tertiary/aromatic N) is 3. The first-order valence-electron chi connectivity index (χ1n) is 8.71. The largest absolute Gasteiger partial charge is 0.375 e. The topological polar surface area (TPSA) is 64.4 Å². The molecule has 1 aliphatic rings. The van der Waals surface area contributed by atoms with Crippen LogP contribution in [0.2, 0.25) is 0 Å². The zero-order valence-electron chi connectivity index (χ0n) is 15.1. The number of hydrogen-bond acceptors (Lipinski definition) is 5. The summed E-state index contributed by atoms with van der Waals surface area (Å²) in [4.78, 5) is 6.99. The zero-order chi connectivity index (χ0) is 19.2. The zero-order valence-corrected chi connectivity index (χ0v) is 18.1. The molecule has 0 radical (unpaired) electrons. The second-order valence-corrected chi connectivity index (χ2v) is 9.76. The van der Waals surface area contributed by atoms with Gasteiger partial charge in [0.05, 0.1) is 29.5 Å². The van der Waals surface area contributed by atoms with E-state index in [0.29, 0.717) is 12.3 Å². The lowest BCUT2D eigenvalue weighted by molar-refractivity contribution is 0.0532. The van der Waals surface area contributed by atoms with E-state index in [9.17, 15) is 8.42 Å². The van der Waals surface area contributed by atoms with Gasteiger partial charge in [0, 0.05) is 28.2 Å². The number of aryl methyl sites for hydroxylation is 1.